The van der Waals surface area contributed by atoms with E-state index in [0.29, 0.717) is 13.0 Å². The number of anilines is 2. The molecule has 0 saturated heterocycles. The van der Waals surface area contributed by atoms with Crippen LogP contribution in [0, 0.1) is 5.92 Å². The summed E-state index contributed by atoms with van der Waals surface area (Å²) in [6.07, 6.45) is 1.65. The minimum absolute atomic E-state index is 0.0695. The number of nitrogens with one attached hydrogen (secondary N) is 1. The van der Waals surface area contributed by atoms with Gasteiger partial charge in [0.05, 0.1) is 6.54 Å². The average Bonchev–Trinajstić information content (AvgIpc) is 2.61. The van der Waals surface area contributed by atoms with E-state index in [0.717, 1.165) is 17.8 Å². The van der Waals surface area contributed by atoms with Crippen LogP contribution in [0.2, 0.25) is 0 Å². The van der Waals surface area contributed by atoms with Crippen molar-refractivity contribution in [1.82, 2.24) is 0 Å². The molecular weight excluding hydrogens is 316 g/mol. The molecule has 0 radical (unpaired) electrons. The van der Waals surface area contributed by atoms with Crippen LogP contribution in [-0.2, 0) is 16.0 Å². The molecule has 1 aliphatic heterocycles. The summed E-state index contributed by atoms with van der Waals surface area (Å²) in [7, 11) is 0. The Morgan fingerprint density at radius 2 is 1.80 bits per heavy atom. The number of carbonyl (C=O) groups excluding carboxylic acids is 1. The Hall–Kier alpha value is -2.82. The third-order valence-electron chi connectivity index (χ3n) is 4.48. The Bertz CT molecular complexity index is 746. The number of aliphatic carboxylic acids is 1. The number of benzene rings is 2. The Morgan fingerprint density at radius 1 is 1.08 bits per heavy atom. The highest BCUT2D eigenvalue weighted by atomic mass is 16.4. The molecule has 1 amide bonds. The van der Waals surface area contributed by atoms with E-state index in [1.807, 2.05) is 48.5 Å². The summed E-state index contributed by atoms with van der Waals surface area (Å²) in [5, 5.41) is 11.8. The van der Waals surface area contributed by atoms with Gasteiger partial charge >= 0.3 is 5.97 Å². The van der Waals surface area contributed by atoms with Gasteiger partial charge in [-0.2, -0.15) is 0 Å². The number of fused-ring (bicyclic) bond motifs is 1. The number of amides is 1. The molecule has 1 unspecified atom stereocenters. The highest BCUT2D eigenvalue weighted by Gasteiger charge is 2.25. The van der Waals surface area contributed by atoms with Gasteiger partial charge in [-0.25, -0.2) is 0 Å². The smallest absolute Gasteiger partial charge is 0.303 e. The predicted octanol–water partition coefficient (Wildman–Crippen LogP) is 3.17. The Kier molecular flexibility index (Phi) is 5.33. The van der Waals surface area contributed by atoms with Gasteiger partial charge in [0, 0.05) is 24.3 Å². The second-order valence-corrected chi connectivity index (χ2v) is 6.43. The summed E-state index contributed by atoms with van der Waals surface area (Å²) in [6.45, 7) is 0.960. The molecule has 0 aliphatic carbocycles. The summed E-state index contributed by atoms with van der Waals surface area (Å²) in [5.41, 5.74) is 3.02. The third-order valence-corrected chi connectivity index (χ3v) is 4.48. The predicted molar refractivity (Wildman–Crippen MR) is 97.8 cm³/mol. The normalized spacial score (nSPS) is 16.2. The minimum atomic E-state index is -0.771. The highest BCUT2D eigenvalue weighted by molar-refractivity contribution is 5.94. The molecule has 2 aromatic rings. The maximum Gasteiger partial charge on any atom is 0.303 e. The van der Waals surface area contributed by atoms with Gasteiger partial charge in [-0.15, -0.1) is 0 Å². The molecule has 1 aliphatic rings. The van der Waals surface area contributed by atoms with Gasteiger partial charge < -0.3 is 15.3 Å². The van der Waals surface area contributed by atoms with E-state index in [4.69, 9.17) is 5.11 Å². The van der Waals surface area contributed by atoms with Crippen molar-refractivity contribution in [2.45, 2.75) is 19.3 Å². The van der Waals surface area contributed by atoms with Crippen LogP contribution in [0.4, 0.5) is 11.4 Å². The van der Waals surface area contributed by atoms with Crippen molar-refractivity contribution in [3.8, 4) is 0 Å². The van der Waals surface area contributed by atoms with Gasteiger partial charge in [0.2, 0.25) is 5.91 Å². The van der Waals surface area contributed by atoms with Gasteiger partial charge in [-0.05, 0) is 42.5 Å². The SMILES string of the molecule is O=C(O)CCC1Cc2ccccc2N(CC(=O)Nc2ccccc2)C1. The van der Waals surface area contributed by atoms with E-state index >= 15 is 0 Å². The molecule has 0 spiro atoms. The Morgan fingerprint density at radius 3 is 2.56 bits per heavy atom. The molecule has 1 atom stereocenters. The lowest BCUT2D eigenvalue weighted by Crippen LogP contribution is -2.40. The van der Waals surface area contributed by atoms with Crippen molar-refractivity contribution in [3.05, 3.63) is 60.2 Å². The summed E-state index contributed by atoms with van der Waals surface area (Å²) in [4.78, 5) is 25.3. The lowest BCUT2D eigenvalue weighted by atomic mass is 9.89. The molecule has 5 nitrogen and oxygen atoms in total. The number of rotatable bonds is 6. The molecule has 0 aromatic heterocycles. The highest BCUT2D eigenvalue weighted by Crippen LogP contribution is 2.31. The Labute approximate surface area is 147 Å². The number of carboxylic acid groups (broad SMARTS) is 1. The number of carbonyl (C=O) groups is 2. The van der Waals surface area contributed by atoms with Gasteiger partial charge in [0.15, 0.2) is 0 Å². The number of hydrogen-bond donors (Lipinski definition) is 2. The first-order valence-corrected chi connectivity index (χ1v) is 8.51. The topological polar surface area (TPSA) is 69.6 Å². The second kappa shape index (κ2) is 7.83. The Balaban J connectivity index is 1.70. The largest absolute Gasteiger partial charge is 0.481 e. The summed E-state index contributed by atoms with van der Waals surface area (Å²) in [6, 6.07) is 17.4. The number of para-hydroxylation sites is 2. The van der Waals surface area contributed by atoms with Crippen molar-refractivity contribution in [2.24, 2.45) is 5.92 Å². The maximum atomic E-state index is 12.4. The van der Waals surface area contributed by atoms with E-state index in [1.54, 1.807) is 0 Å². The van der Waals surface area contributed by atoms with Gasteiger partial charge in [-0.3, -0.25) is 9.59 Å². The first-order valence-electron chi connectivity index (χ1n) is 8.51. The first kappa shape index (κ1) is 17.0. The van der Waals surface area contributed by atoms with Crippen molar-refractivity contribution in [2.75, 3.05) is 23.3 Å². The average molecular weight is 338 g/mol. The molecule has 130 valence electrons. The maximum absolute atomic E-state index is 12.4. The zero-order valence-corrected chi connectivity index (χ0v) is 14.0. The molecule has 0 fully saturated rings. The van der Waals surface area contributed by atoms with Gasteiger partial charge in [0.1, 0.15) is 0 Å². The number of hydrogen-bond acceptors (Lipinski definition) is 3. The van der Waals surface area contributed by atoms with E-state index < -0.39 is 5.97 Å². The molecule has 2 aromatic carbocycles. The van der Waals surface area contributed by atoms with Crippen LogP contribution in [0.1, 0.15) is 18.4 Å². The fourth-order valence-electron chi connectivity index (χ4n) is 3.34. The molecule has 25 heavy (non-hydrogen) atoms. The van der Waals surface area contributed by atoms with Crippen LogP contribution in [0.25, 0.3) is 0 Å². The van der Waals surface area contributed by atoms with Gasteiger partial charge in [0.25, 0.3) is 0 Å². The fourth-order valence-corrected chi connectivity index (χ4v) is 3.34. The van der Waals surface area contributed by atoms with Crippen molar-refractivity contribution < 1.29 is 14.7 Å². The van der Waals surface area contributed by atoms with Crippen LogP contribution in [0.3, 0.4) is 0 Å². The summed E-state index contributed by atoms with van der Waals surface area (Å²) in [5.74, 6) is -0.595. The van der Waals surface area contributed by atoms with Gasteiger partial charge in [-0.1, -0.05) is 36.4 Å². The number of carboxylic acids is 1. The van der Waals surface area contributed by atoms with Crippen LogP contribution >= 0.6 is 0 Å². The minimum Gasteiger partial charge on any atom is -0.481 e. The second-order valence-electron chi connectivity index (χ2n) is 6.43. The molecule has 5 heteroatoms. The van der Waals surface area contributed by atoms with Crippen LogP contribution in [-0.4, -0.2) is 30.1 Å². The number of nitrogens with zero attached hydrogens (tertiary/aromatic N) is 1. The van der Waals surface area contributed by atoms with Crippen LogP contribution in [0.15, 0.2) is 54.6 Å². The van der Waals surface area contributed by atoms with E-state index in [-0.39, 0.29) is 24.8 Å². The zero-order chi connectivity index (χ0) is 17.6. The van der Waals surface area contributed by atoms with Crippen molar-refractivity contribution in [3.63, 3.8) is 0 Å². The van der Waals surface area contributed by atoms with Crippen molar-refractivity contribution in [1.29, 1.82) is 0 Å². The summed E-state index contributed by atoms with van der Waals surface area (Å²) >= 11 is 0. The van der Waals surface area contributed by atoms with E-state index in [1.165, 1.54) is 5.56 Å². The molecule has 2 N–H and O–H groups in total. The van der Waals surface area contributed by atoms with E-state index in [2.05, 4.69) is 16.3 Å². The van der Waals surface area contributed by atoms with Crippen LogP contribution in [0.5, 0.6) is 0 Å². The molecule has 0 saturated carbocycles. The quantitative estimate of drug-likeness (QED) is 0.849. The first-order chi connectivity index (χ1) is 12.1. The molecule has 3 rings (SSSR count). The molecular formula is C20H22N2O3. The van der Waals surface area contributed by atoms with E-state index in [9.17, 15) is 9.59 Å². The lowest BCUT2D eigenvalue weighted by Gasteiger charge is -2.35. The third kappa shape index (κ3) is 4.59. The molecule has 0 bridgehead atoms. The fraction of sp³-hybridized carbons (Fsp3) is 0.300. The zero-order valence-electron chi connectivity index (χ0n) is 14.0. The van der Waals surface area contributed by atoms with Crippen LogP contribution < -0.4 is 10.2 Å². The standard InChI is InChI=1S/C20H22N2O3/c23-19(21-17-7-2-1-3-8-17)14-22-13-15(10-11-20(24)25)12-16-6-4-5-9-18(16)22/h1-9,15H,10-14H2,(H,21,23)(H,24,25). The summed E-state index contributed by atoms with van der Waals surface area (Å²) < 4.78 is 0. The molecule has 1 heterocycles. The monoisotopic (exact) mass is 338 g/mol. The lowest BCUT2D eigenvalue weighted by molar-refractivity contribution is -0.137. The van der Waals surface area contributed by atoms with Crippen molar-refractivity contribution >= 4 is 23.3 Å².